The molecule has 0 bridgehead atoms. The molecule has 0 rings (SSSR count). The molecule has 0 aromatic rings. The van der Waals surface area contributed by atoms with Gasteiger partial charge in [-0.2, -0.15) is 0 Å². The van der Waals surface area contributed by atoms with Gasteiger partial charge in [-0.1, -0.05) is 294 Å². The molecule has 2 atom stereocenters. The van der Waals surface area contributed by atoms with Crippen molar-refractivity contribution in [2.75, 3.05) is 13.2 Å². The largest absolute Gasteiger partial charge is 0.466 e. The quantitative estimate of drug-likeness (QED) is 0.0320. The number of allylic oxidation sites excluding steroid dienone is 5. The summed E-state index contributed by atoms with van der Waals surface area (Å²) in [5.41, 5.74) is 0. The van der Waals surface area contributed by atoms with Crippen LogP contribution < -0.4 is 5.32 Å². The number of carbonyl (C=O) groups excluding carboxylic acids is 2. The number of rotatable bonds is 61. The molecule has 3 N–H and O–H groups in total. The summed E-state index contributed by atoms with van der Waals surface area (Å²) in [6.07, 6.45) is 79.1. The van der Waals surface area contributed by atoms with E-state index in [1.807, 2.05) is 6.08 Å². The van der Waals surface area contributed by atoms with Crippen LogP contribution in [0.25, 0.3) is 0 Å². The molecular weight excluding hydrogens is 899 g/mol. The Bertz CT molecular complexity index is 1180. The van der Waals surface area contributed by atoms with E-state index in [1.165, 1.54) is 283 Å². The Morgan fingerprint density at radius 3 is 0.973 bits per heavy atom. The molecule has 73 heavy (non-hydrogen) atoms. The van der Waals surface area contributed by atoms with Crippen LogP contribution in [0.2, 0.25) is 0 Å². The van der Waals surface area contributed by atoms with Crippen LogP contribution in [0.5, 0.6) is 0 Å². The van der Waals surface area contributed by atoms with Crippen molar-refractivity contribution in [1.29, 1.82) is 0 Å². The summed E-state index contributed by atoms with van der Waals surface area (Å²) in [5.74, 6) is -0.0602. The number of amides is 1. The first-order valence-corrected chi connectivity index (χ1v) is 32.8. The van der Waals surface area contributed by atoms with Gasteiger partial charge in [-0.3, -0.25) is 9.59 Å². The van der Waals surface area contributed by atoms with Crippen molar-refractivity contribution in [3.05, 3.63) is 36.5 Å². The Labute approximate surface area is 455 Å². The topological polar surface area (TPSA) is 95.9 Å². The van der Waals surface area contributed by atoms with Gasteiger partial charge in [0.15, 0.2) is 0 Å². The number of aliphatic hydroxyl groups is 2. The molecule has 430 valence electrons. The molecule has 1 amide bonds. The van der Waals surface area contributed by atoms with E-state index in [1.54, 1.807) is 6.08 Å². The molecule has 0 aromatic heterocycles. The standard InChI is InChI=1S/C67H127NO5/c1-3-5-7-9-11-13-15-17-18-19-26-30-33-37-41-45-49-53-57-61-67(72)73-62-58-54-50-46-42-38-34-31-28-25-23-21-20-22-24-27-29-32-36-40-44-48-52-56-60-66(71)68-64(63-69)65(70)59-55-51-47-43-39-35-16-14-12-10-8-6-4-2/h17-18,22,24,55,59,64-65,69-70H,3-16,19-21,23,25-54,56-58,60-63H2,1-2H3,(H,68,71)/b18-17-,24-22-,59-55+. The molecule has 0 saturated carbocycles. The Morgan fingerprint density at radius 2 is 0.644 bits per heavy atom. The van der Waals surface area contributed by atoms with Crippen LogP contribution in [0, 0.1) is 0 Å². The minimum Gasteiger partial charge on any atom is -0.466 e. The lowest BCUT2D eigenvalue weighted by atomic mass is 10.0. The fourth-order valence-electron chi connectivity index (χ4n) is 10.1. The zero-order valence-electron chi connectivity index (χ0n) is 49.1. The minimum atomic E-state index is -0.847. The predicted octanol–water partition coefficient (Wildman–Crippen LogP) is 20.8. The highest BCUT2D eigenvalue weighted by Gasteiger charge is 2.18. The molecule has 0 fully saturated rings. The van der Waals surface area contributed by atoms with Crippen molar-refractivity contribution in [3.63, 3.8) is 0 Å². The van der Waals surface area contributed by atoms with Crippen molar-refractivity contribution in [1.82, 2.24) is 5.32 Å². The summed E-state index contributed by atoms with van der Waals surface area (Å²) < 4.78 is 5.50. The molecule has 0 saturated heterocycles. The van der Waals surface area contributed by atoms with Gasteiger partial charge in [0.2, 0.25) is 5.91 Å². The van der Waals surface area contributed by atoms with Crippen LogP contribution in [0.4, 0.5) is 0 Å². The van der Waals surface area contributed by atoms with E-state index in [0.717, 1.165) is 44.9 Å². The van der Waals surface area contributed by atoms with Gasteiger partial charge < -0.3 is 20.3 Å². The van der Waals surface area contributed by atoms with Gasteiger partial charge in [0, 0.05) is 12.8 Å². The second-order valence-electron chi connectivity index (χ2n) is 22.4. The monoisotopic (exact) mass is 1030 g/mol. The Hall–Kier alpha value is -1.92. The third-order valence-corrected chi connectivity index (χ3v) is 15.1. The van der Waals surface area contributed by atoms with E-state index in [4.69, 9.17) is 4.74 Å². The number of hydrogen-bond donors (Lipinski definition) is 3. The number of esters is 1. The SMILES string of the molecule is CCCCCCCC/C=C\CCCCCCCCCCCC(=O)OCCCCCCCCCCCCCC/C=C\CCCCCCCCCCC(=O)NC(CO)C(O)/C=C/CCCCCCCCCCCCC. The van der Waals surface area contributed by atoms with Gasteiger partial charge in [0.25, 0.3) is 0 Å². The van der Waals surface area contributed by atoms with Crippen molar-refractivity contribution in [3.8, 4) is 0 Å². The predicted molar refractivity (Wildman–Crippen MR) is 319 cm³/mol. The van der Waals surface area contributed by atoms with Crippen molar-refractivity contribution >= 4 is 11.9 Å². The van der Waals surface area contributed by atoms with Gasteiger partial charge in [-0.05, 0) is 83.5 Å². The molecule has 0 aliphatic carbocycles. The van der Waals surface area contributed by atoms with Crippen LogP contribution in [-0.2, 0) is 14.3 Å². The Kier molecular flexibility index (Phi) is 61.0. The van der Waals surface area contributed by atoms with Crippen LogP contribution in [-0.4, -0.2) is 47.4 Å². The van der Waals surface area contributed by atoms with Gasteiger partial charge in [-0.25, -0.2) is 0 Å². The summed E-state index contributed by atoms with van der Waals surface area (Å²) in [5, 5.41) is 23.1. The summed E-state index contributed by atoms with van der Waals surface area (Å²) in [6.45, 7) is 4.91. The van der Waals surface area contributed by atoms with Crippen LogP contribution in [0.15, 0.2) is 36.5 Å². The lowest BCUT2D eigenvalue weighted by Gasteiger charge is -2.20. The number of hydrogen-bond acceptors (Lipinski definition) is 5. The number of aliphatic hydroxyl groups excluding tert-OH is 2. The fourth-order valence-corrected chi connectivity index (χ4v) is 10.1. The molecule has 0 aromatic carbocycles. The van der Waals surface area contributed by atoms with Gasteiger partial charge in [-0.15, -0.1) is 0 Å². The highest BCUT2D eigenvalue weighted by atomic mass is 16.5. The normalized spacial score (nSPS) is 12.8. The van der Waals surface area contributed by atoms with E-state index in [9.17, 15) is 19.8 Å². The maximum Gasteiger partial charge on any atom is 0.305 e. The maximum atomic E-state index is 12.4. The van der Waals surface area contributed by atoms with Crippen LogP contribution in [0.3, 0.4) is 0 Å². The molecule has 6 nitrogen and oxygen atoms in total. The third kappa shape index (κ3) is 59.2. The lowest BCUT2D eigenvalue weighted by molar-refractivity contribution is -0.143. The van der Waals surface area contributed by atoms with Gasteiger partial charge in [0.05, 0.1) is 25.4 Å². The van der Waals surface area contributed by atoms with E-state index in [2.05, 4.69) is 43.5 Å². The summed E-state index contributed by atoms with van der Waals surface area (Å²) in [4.78, 5) is 24.6. The van der Waals surface area contributed by atoms with Gasteiger partial charge in [0.1, 0.15) is 0 Å². The summed E-state index contributed by atoms with van der Waals surface area (Å²) in [6, 6.07) is -0.631. The Morgan fingerprint density at radius 1 is 0.370 bits per heavy atom. The number of nitrogens with one attached hydrogen (secondary N) is 1. The van der Waals surface area contributed by atoms with E-state index in [0.29, 0.717) is 19.4 Å². The Balaban J connectivity index is 3.39. The van der Waals surface area contributed by atoms with E-state index in [-0.39, 0.29) is 18.5 Å². The molecule has 0 spiro atoms. The first-order valence-electron chi connectivity index (χ1n) is 32.8. The van der Waals surface area contributed by atoms with E-state index < -0.39 is 12.1 Å². The molecular formula is C67H127NO5. The van der Waals surface area contributed by atoms with E-state index >= 15 is 0 Å². The smallest absolute Gasteiger partial charge is 0.305 e. The molecule has 6 heteroatoms. The summed E-state index contributed by atoms with van der Waals surface area (Å²) >= 11 is 0. The first-order chi connectivity index (χ1) is 36.0. The average Bonchev–Trinajstić information content (AvgIpc) is 3.39. The molecule has 0 aliphatic rings. The van der Waals surface area contributed by atoms with Crippen LogP contribution in [0.1, 0.15) is 354 Å². The van der Waals surface area contributed by atoms with Crippen molar-refractivity contribution in [2.45, 2.75) is 366 Å². The summed E-state index contributed by atoms with van der Waals surface area (Å²) in [7, 11) is 0. The van der Waals surface area contributed by atoms with Crippen LogP contribution >= 0.6 is 0 Å². The maximum absolute atomic E-state index is 12.4. The number of ether oxygens (including phenoxy) is 1. The molecule has 0 heterocycles. The first kappa shape index (κ1) is 71.1. The highest BCUT2D eigenvalue weighted by molar-refractivity contribution is 5.76. The molecule has 2 unspecified atom stereocenters. The zero-order chi connectivity index (χ0) is 52.9. The highest BCUT2D eigenvalue weighted by Crippen LogP contribution is 2.17. The van der Waals surface area contributed by atoms with Crippen molar-refractivity contribution < 1.29 is 24.5 Å². The van der Waals surface area contributed by atoms with Gasteiger partial charge >= 0.3 is 5.97 Å². The average molecular weight is 1030 g/mol. The third-order valence-electron chi connectivity index (χ3n) is 15.1. The lowest BCUT2D eigenvalue weighted by Crippen LogP contribution is -2.45. The number of unbranched alkanes of at least 4 members (excludes halogenated alkanes) is 46. The minimum absolute atomic E-state index is 0.0118. The molecule has 0 aliphatic heterocycles. The fraction of sp³-hybridized carbons (Fsp3) is 0.881. The second-order valence-corrected chi connectivity index (χ2v) is 22.4. The number of carbonyl (C=O) groups is 2. The van der Waals surface area contributed by atoms with Crippen molar-refractivity contribution in [2.24, 2.45) is 0 Å². The second kappa shape index (κ2) is 62.6. The zero-order valence-corrected chi connectivity index (χ0v) is 49.1. The molecule has 0 radical (unpaired) electrons.